The molecule has 0 saturated heterocycles. The molecule has 0 heterocycles. The predicted octanol–water partition coefficient (Wildman–Crippen LogP) is 5.13. The lowest BCUT2D eigenvalue weighted by Crippen LogP contribution is -2.38. The van der Waals surface area contributed by atoms with Crippen molar-refractivity contribution in [2.75, 3.05) is 25.0 Å². The number of rotatable bonds is 8. The molecule has 1 fully saturated rings. The van der Waals surface area contributed by atoms with Crippen LogP contribution in [-0.2, 0) is 10.0 Å². The highest BCUT2D eigenvalue weighted by Crippen LogP contribution is 2.33. The van der Waals surface area contributed by atoms with Crippen molar-refractivity contribution in [3.8, 4) is 5.75 Å². The zero-order valence-electron chi connectivity index (χ0n) is 18.5. The molecule has 6 nitrogen and oxygen atoms in total. The second-order valence-electron chi connectivity index (χ2n) is 7.85. The van der Waals surface area contributed by atoms with Gasteiger partial charge >= 0.3 is 0 Å². The van der Waals surface area contributed by atoms with Gasteiger partial charge in [0.2, 0.25) is 0 Å². The van der Waals surface area contributed by atoms with Gasteiger partial charge in [0.05, 0.1) is 34.8 Å². The second kappa shape index (κ2) is 10.4. The average molecular weight is 477 g/mol. The van der Waals surface area contributed by atoms with E-state index in [2.05, 4.69) is 6.58 Å². The first-order chi connectivity index (χ1) is 15.3. The second-order valence-corrected chi connectivity index (χ2v) is 10.1. The molecule has 1 amide bonds. The van der Waals surface area contributed by atoms with Crippen molar-refractivity contribution in [1.82, 2.24) is 4.90 Å². The Morgan fingerprint density at radius 3 is 2.53 bits per heavy atom. The van der Waals surface area contributed by atoms with Crippen LogP contribution >= 0.6 is 11.6 Å². The molecule has 0 aliphatic heterocycles. The number of ether oxygens (including phenoxy) is 1. The number of para-hydroxylation sites is 2. The van der Waals surface area contributed by atoms with E-state index in [1.165, 1.54) is 42.1 Å². The molecule has 0 bridgehead atoms. The first-order valence-corrected chi connectivity index (χ1v) is 12.5. The zero-order valence-corrected chi connectivity index (χ0v) is 20.0. The maximum atomic E-state index is 13.6. The quantitative estimate of drug-likeness (QED) is 0.495. The lowest BCUT2D eigenvalue weighted by atomic mass is 9.94. The van der Waals surface area contributed by atoms with Crippen LogP contribution in [-0.4, -0.2) is 46.0 Å². The summed E-state index contributed by atoms with van der Waals surface area (Å²) in [6.07, 6.45) is 6.73. The van der Waals surface area contributed by atoms with Crippen LogP contribution in [0.3, 0.4) is 0 Å². The molecule has 0 spiro atoms. The van der Waals surface area contributed by atoms with E-state index in [1.54, 1.807) is 36.2 Å². The van der Waals surface area contributed by atoms with Crippen molar-refractivity contribution in [2.24, 2.45) is 0 Å². The Bertz CT molecular complexity index is 1080. The van der Waals surface area contributed by atoms with Crippen LogP contribution in [0.25, 0.3) is 0 Å². The highest BCUT2D eigenvalue weighted by atomic mass is 35.5. The molecule has 0 N–H and O–H groups in total. The van der Waals surface area contributed by atoms with E-state index >= 15 is 0 Å². The molecule has 172 valence electrons. The molecule has 8 heteroatoms. The van der Waals surface area contributed by atoms with Crippen molar-refractivity contribution >= 4 is 33.2 Å². The average Bonchev–Trinajstić information content (AvgIpc) is 2.82. The number of carbonyl (C=O) groups excluding carboxylic acids is 1. The molecule has 32 heavy (non-hydrogen) atoms. The van der Waals surface area contributed by atoms with Gasteiger partial charge in [-0.15, -0.1) is 6.58 Å². The molecular formula is C24H29ClN2O4S. The number of hydrogen-bond acceptors (Lipinski definition) is 4. The first kappa shape index (κ1) is 24.1. The Morgan fingerprint density at radius 1 is 1.19 bits per heavy atom. The smallest absolute Gasteiger partial charge is 0.264 e. The molecule has 0 aromatic heterocycles. The summed E-state index contributed by atoms with van der Waals surface area (Å²) < 4.78 is 33.8. The first-order valence-electron chi connectivity index (χ1n) is 10.6. The van der Waals surface area contributed by atoms with Gasteiger partial charge in [0, 0.05) is 13.1 Å². The largest absolute Gasteiger partial charge is 0.495 e. The molecule has 0 radical (unpaired) electrons. The van der Waals surface area contributed by atoms with Crippen molar-refractivity contribution in [3.05, 3.63) is 65.7 Å². The monoisotopic (exact) mass is 476 g/mol. The predicted molar refractivity (Wildman–Crippen MR) is 128 cm³/mol. The minimum atomic E-state index is -4.02. The highest BCUT2D eigenvalue weighted by molar-refractivity contribution is 7.92. The molecule has 3 rings (SSSR count). The van der Waals surface area contributed by atoms with Gasteiger partial charge in [0.25, 0.3) is 15.9 Å². The third-order valence-corrected chi connectivity index (χ3v) is 7.95. The summed E-state index contributed by atoms with van der Waals surface area (Å²) in [5.74, 6) is 0.145. The van der Waals surface area contributed by atoms with Crippen molar-refractivity contribution < 1.29 is 17.9 Å². The van der Waals surface area contributed by atoms with E-state index in [0.717, 1.165) is 25.7 Å². The number of carbonyl (C=O) groups is 1. The number of amides is 1. The summed E-state index contributed by atoms with van der Waals surface area (Å²) in [5, 5.41) is 0.226. The third kappa shape index (κ3) is 4.94. The summed E-state index contributed by atoms with van der Waals surface area (Å²) >= 11 is 6.34. The molecule has 2 aromatic carbocycles. The fraction of sp³-hybridized carbons (Fsp3) is 0.375. The Balaban J connectivity index is 2.00. The maximum absolute atomic E-state index is 13.6. The minimum absolute atomic E-state index is 0.0185. The lowest BCUT2D eigenvalue weighted by Gasteiger charge is -2.31. The normalized spacial score (nSPS) is 14.6. The lowest BCUT2D eigenvalue weighted by molar-refractivity contribution is 0.0696. The van der Waals surface area contributed by atoms with E-state index in [0.29, 0.717) is 11.4 Å². The topological polar surface area (TPSA) is 66.9 Å². The number of halogens is 1. The fourth-order valence-electron chi connectivity index (χ4n) is 4.06. The Labute approximate surface area is 195 Å². The summed E-state index contributed by atoms with van der Waals surface area (Å²) in [6.45, 7) is 3.73. The molecular weight excluding hydrogens is 448 g/mol. The van der Waals surface area contributed by atoms with Gasteiger partial charge < -0.3 is 9.64 Å². The number of benzene rings is 2. The Hall–Kier alpha value is -2.51. The van der Waals surface area contributed by atoms with Gasteiger partial charge in [-0.25, -0.2) is 8.42 Å². The number of anilines is 1. The molecule has 2 aromatic rings. The molecule has 1 saturated carbocycles. The van der Waals surface area contributed by atoms with Crippen LogP contribution in [0.1, 0.15) is 42.5 Å². The molecule has 0 unspecified atom stereocenters. The highest BCUT2D eigenvalue weighted by Gasteiger charge is 2.29. The minimum Gasteiger partial charge on any atom is -0.495 e. The molecule has 1 aliphatic carbocycles. The molecule has 1 aliphatic rings. The summed E-state index contributed by atoms with van der Waals surface area (Å²) in [6, 6.07) is 11.2. The van der Waals surface area contributed by atoms with Crippen LogP contribution in [0.4, 0.5) is 5.69 Å². The van der Waals surface area contributed by atoms with Crippen molar-refractivity contribution in [2.45, 2.75) is 43.0 Å². The van der Waals surface area contributed by atoms with Crippen LogP contribution in [0.2, 0.25) is 5.02 Å². The molecule has 0 atom stereocenters. The summed E-state index contributed by atoms with van der Waals surface area (Å²) in [7, 11) is -0.777. The number of hydrogen-bond donors (Lipinski definition) is 0. The van der Waals surface area contributed by atoms with E-state index in [-0.39, 0.29) is 34.0 Å². The van der Waals surface area contributed by atoms with Gasteiger partial charge in [-0.3, -0.25) is 9.10 Å². The summed E-state index contributed by atoms with van der Waals surface area (Å²) in [4.78, 5) is 14.9. The van der Waals surface area contributed by atoms with Crippen LogP contribution in [0.5, 0.6) is 5.75 Å². The third-order valence-electron chi connectivity index (χ3n) is 5.85. The van der Waals surface area contributed by atoms with Gasteiger partial charge in [-0.05, 0) is 43.2 Å². The van der Waals surface area contributed by atoms with Gasteiger partial charge in [0.15, 0.2) is 0 Å². The van der Waals surface area contributed by atoms with Crippen molar-refractivity contribution in [1.29, 1.82) is 0 Å². The van der Waals surface area contributed by atoms with E-state index in [1.807, 2.05) is 0 Å². The van der Waals surface area contributed by atoms with Gasteiger partial charge in [-0.1, -0.05) is 49.1 Å². The Morgan fingerprint density at radius 2 is 1.88 bits per heavy atom. The standard InChI is InChI=1S/C24H29ClN2O4S/c1-4-16-27(22-12-8-9-13-23(22)31-3)32(29,30)19-14-15-21(25)20(17-19)24(28)26(2)18-10-6-5-7-11-18/h4,8-9,12-15,17-18H,1,5-7,10-11,16H2,2-3H3. The zero-order chi connectivity index (χ0) is 23.3. The SMILES string of the molecule is C=CCN(c1ccccc1OC)S(=O)(=O)c1ccc(Cl)c(C(=O)N(C)C2CCCCC2)c1. The van der Waals surface area contributed by atoms with Crippen LogP contribution in [0.15, 0.2) is 60.0 Å². The van der Waals surface area contributed by atoms with Crippen LogP contribution < -0.4 is 9.04 Å². The van der Waals surface area contributed by atoms with Crippen LogP contribution in [0, 0.1) is 0 Å². The van der Waals surface area contributed by atoms with Gasteiger partial charge in [-0.2, -0.15) is 0 Å². The van der Waals surface area contributed by atoms with E-state index < -0.39 is 10.0 Å². The van der Waals surface area contributed by atoms with E-state index in [9.17, 15) is 13.2 Å². The van der Waals surface area contributed by atoms with E-state index in [4.69, 9.17) is 16.3 Å². The fourth-order valence-corrected chi connectivity index (χ4v) is 5.73. The Kier molecular flexibility index (Phi) is 7.85. The van der Waals surface area contributed by atoms with Gasteiger partial charge in [0.1, 0.15) is 5.75 Å². The maximum Gasteiger partial charge on any atom is 0.264 e. The number of methoxy groups -OCH3 is 1. The summed E-state index contributed by atoms with van der Waals surface area (Å²) in [5.41, 5.74) is 0.566. The van der Waals surface area contributed by atoms with Crippen molar-refractivity contribution in [3.63, 3.8) is 0 Å². The number of sulfonamides is 1. The number of nitrogens with zero attached hydrogens (tertiary/aromatic N) is 2.